The maximum atomic E-state index is 13.0. The van der Waals surface area contributed by atoms with E-state index in [0.29, 0.717) is 0 Å². The van der Waals surface area contributed by atoms with Gasteiger partial charge >= 0.3 is 6.18 Å². The number of furan rings is 1. The van der Waals surface area contributed by atoms with Crippen LogP contribution >= 0.6 is 0 Å². The van der Waals surface area contributed by atoms with Crippen molar-refractivity contribution in [1.82, 2.24) is 10.5 Å². The third-order valence-corrected chi connectivity index (χ3v) is 4.88. The van der Waals surface area contributed by atoms with Crippen LogP contribution in [0.3, 0.4) is 0 Å². The second-order valence-corrected chi connectivity index (χ2v) is 7.38. The van der Waals surface area contributed by atoms with Gasteiger partial charge in [0.25, 0.3) is 5.91 Å². The number of alkyl halides is 3. The molecule has 0 radical (unpaired) electrons. The summed E-state index contributed by atoms with van der Waals surface area (Å²) in [6.07, 6.45) is -0.504. The molecular formula is C22H24F3N3O3. The van der Waals surface area contributed by atoms with E-state index in [4.69, 9.17) is 14.7 Å². The van der Waals surface area contributed by atoms with Crippen LogP contribution in [0.15, 0.2) is 45.3 Å². The summed E-state index contributed by atoms with van der Waals surface area (Å²) in [6.45, 7) is 4.00. The third-order valence-electron chi connectivity index (χ3n) is 4.88. The van der Waals surface area contributed by atoms with Crippen LogP contribution in [0.5, 0.6) is 0 Å². The fourth-order valence-electron chi connectivity index (χ4n) is 3.23. The first-order valence-electron chi connectivity index (χ1n) is 10.0. The first-order chi connectivity index (χ1) is 14.7. The lowest BCUT2D eigenvalue weighted by molar-refractivity contribution is -0.137. The number of hydrogen-bond acceptors (Lipinski definition) is 5. The molecule has 2 aromatic heterocycles. The van der Waals surface area contributed by atoms with Crippen molar-refractivity contribution in [3.63, 3.8) is 0 Å². The van der Waals surface area contributed by atoms with Crippen molar-refractivity contribution in [3.05, 3.63) is 47.5 Å². The summed E-state index contributed by atoms with van der Waals surface area (Å²) in [7, 11) is 0. The van der Waals surface area contributed by atoms with E-state index in [2.05, 4.69) is 17.4 Å². The number of aromatic nitrogens is 1. The molecule has 31 heavy (non-hydrogen) atoms. The van der Waals surface area contributed by atoms with Gasteiger partial charge in [0.15, 0.2) is 11.5 Å². The van der Waals surface area contributed by atoms with Crippen LogP contribution in [0.4, 0.5) is 19.1 Å². The zero-order valence-electron chi connectivity index (χ0n) is 17.3. The lowest BCUT2D eigenvalue weighted by Gasteiger charge is -2.13. The van der Waals surface area contributed by atoms with Gasteiger partial charge in [0, 0.05) is 11.6 Å². The number of nitrogen functional groups attached to an aromatic ring is 1. The third kappa shape index (κ3) is 5.28. The van der Waals surface area contributed by atoms with Crippen LogP contribution in [0.2, 0.25) is 0 Å². The van der Waals surface area contributed by atoms with E-state index in [1.807, 2.05) is 6.92 Å². The molecule has 1 amide bonds. The Morgan fingerprint density at radius 3 is 2.65 bits per heavy atom. The monoisotopic (exact) mass is 435 g/mol. The molecule has 0 fully saturated rings. The van der Waals surface area contributed by atoms with Crippen molar-refractivity contribution in [2.24, 2.45) is 0 Å². The Morgan fingerprint density at radius 2 is 1.94 bits per heavy atom. The molecule has 9 heteroatoms. The molecule has 3 N–H and O–H groups in total. The van der Waals surface area contributed by atoms with E-state index in [1.165, 1.54) is 24.3 Å². The maximum absolute atomic E-state index is 13.0. The van der Waals surface area contributed by atoms with E-state index in [1.54, 1.807) is 0 Å². The molecular weight excluding hydrogens is 411 g/mol. The Balaban J connectivity index is 1.83. The van der Waals surface area contributed by atoms with Crippen LogP contribution < -0.4 is 11.1 Å². The Morgan fingerprint density at radius 1 is 1.19 bits per heavy atom. The normalized spacial score (nSPS) is 12.7. The smallest absolute Gasteiger partial charge is 0.416 e. The number of carbonyl (C=O) groups excluding carboxylic acids is 1. The van der Waals surface area contributed by atoms with Crippen LogP contribution in [0.25, 0.3) is 22.8 Å². The molecule has 0 saturated carbocycles. The van der Waals surface area contributed by atoms with E-state index < -0.39 is 17.6 Å². The van der Waals surface area contributed by atoms with Gasteiger partial charge in [0.1, 0.15) is 11.3 Å². The summed E-state index contributed by atoms with van der Waals surface area (Å²) in [5.41, 5.74) is 5.39. The summed E-state index contributed by atoms with van der Waals surface area (Å²) >= 11 is 0. The number of rotatable bonds is 8. The van der Waals surface area contributed by atoms with Crippen molar-refractivity contribution >= 4 is 11.8 Å². The fraction of sp³-hybridized carbons (Fsp3) is 0.364. The Hall–Kier alpha value is -3.23. The standard InChI is InChI=1S/C22H24F3N3O3/c1-3-4-5-7-13(2)27-21(29)18-19(28-31-20(18)26)17-11-10-16(30-17)14-8-6-9-15(12-14)22(23,24)25/h6,8-13H,3-5,7,26H2,1-2H3,(H,27,29). The van der Waals surface area contributed by atoms with Gasteiger partial charge in [0.2, 0.25) is 5.88 Å². The average molecular weight is 435 g/mol. The van der Waals surface area contributed by atoms with Crippen molar-refractivity contribution in [2.45, 2.75) is 51.7 Å². The molecule has 0 aliphatic heterocycles. The molecule has 6 nitrogen and oxygen atoms in total. The number of nitrogens with one attached hydrogen (secondary N) is 1. The van der Waals surface area contributed by atoms with Crippen molar-refractivity contribution in [2.75, 3.05) is 5.73 Å². The molecule has 166 valence electrons. The number of anilines is 1. The molecule has 1 unspecified atom stereocenters. The summed E-state index contributed by atoms with van der Waals surface area (Å²) in [6, 6.07) is 7.71. The number of halogens is 3. The minimum absolute atomic E-state index is 0.0345. The van der Waals surface area contributed by atoms with Gasteiger partial charge in [-0.05, 0) is 37.6 Å². The number of unbranched alkanes of at least 4 members (excludes halogenated alkanes) is 2. The fourth-order valence-corrected chi connectivity index (χ4v) is 3.23. The quantitative estimate of drug-likeness (QED) is 0.430. The molecule has 0 saturated heterocycles. The molecule has 1 atom stereocenters. The van der Waals surface area contributed by atoms with Gasteiger partial charge in [0.05, 0.1) is 5.56 Å². The second-order valence-electron chi connectivity index (χ2n) is 7.38. The molecule has 0 bridgehead atoms. The maximum Gasteiger partial charge on any atom is 0.416 e. The van der Waals surface area contributed by atoms with Crippen molar-refractivity contribution in [3.8, 4) is 22.8 Å². The minimum atomic E-state index is -4.47. The predicted octanol–water partition coefficient (Wildman–Crippen LogP) is 5.90. The first kappa shape index (κ1) is 22.5. The number of carbonyl (C=O) groups is 1. The zero-order valence-corrected chi connectivity index (χ0v) is 17.3. The van der Waals surface area contributed by atoms with Crippen LogP contribution in [0, 0.1) is 0 Å². The van der Waals surface area contributed by atoms with E-state index in [0.717, 1.165) is 37.8 Å². The lowest BCUT2D eigenvalue weighted by atomic mass is 10.1. The topological polar surface area (TPSA) is 94.3 Å². The minimum Gasteiger partial charge on any atom is -0.454 e. The van der Waals surface area contributed by atoms with Gasteiger partial charge in [-0.2, -0.15) is 13.2 Å². The Bertz CT molecular complexity index is 1040. The van der Waals surface area contributed by atoms with Gasteiger partial charge in [-0.1, -0.05) is 43.5 Å². The summed E-state index contributed by atoms with van der Waals surface area (Å²) < 4.78 is 49.6. The van der Waals surface area contributed by atoms with Crippen molar-refractivity contribution in [1.29, 1.82) is 0 Å². The molecule has 3 rings (SSSR count). The number of amides is 1. The first-order valence-corrected chi connectivity index (χ1v) is 10.0. The average Bonchev–Trinajstić information content (AvgIpc) is 3.34. The highest BCUT2D eigenvalue weighted by molar-refractivity contribution is 6.03. The number of benzene rings is 1. The van der Waals surface area contributed by atoms with Gasteiger partial charge in [-0.3, -0.25) is 4.79 Å². The van der Waals surface area contributed by atoms with Crippen LogP contribution in [-0.4, -0.2) is 17.1 Å². The van der Waals surface area contributed by atoms with Crippen molar-refractivity contribution < 1.29 is 26.9 Å². The van der Waals surface area contributed by atoms with Crippen LogP contribution in [-0.2, 0) is 6.18 Å². The SMILES string of the molecule is CCCCCC(C)NC(=O)c1c(-c2ccc(-c3cccc(C(F)(F)F)c3)o2)noc1N. The highest BCUT2D eigenvalue weighted by atomic mass is 19.4. The summed E-state index contributed by atoms with van der Waals surface area (Å²) in [5, 5.41) is 6.69. The predicted molar refractivity (Wildman–Crippen MR) is 110 cm³/mol. The van der Waals surface area contributed by atoms with Gasteiger partial charge in [-0.25, -0.2) is 0 Å². The highest BCUT2D eigenvalue weighted by Crippen LogP contribution is 2.35. The van der Waals surface area contributed by atoms with E-state index >= 15 is 0 Å². The molecule has 1 aromatic carbocycles. The lowest BCUT2D eigenvalue weighted by Crippen LogP contribution is -2.33. The molecule has 0 aliphatic carbocycles. The van der Waals surface area contributed by atoms with E-state index in [9.17, 15) is 18.0 Å². The van der Waals surface area contributed by atoms with E-state index in [-0.39, 0.29) is 40.3 Å². The highest BCUT2D eigenvalue weighted by Gasteiger charge is 2.31. The Labute approximate surface area is 177 Å². The Kier molecular flexibility index (Phi) is 6.72. The number of hydrogen-bond donors (Lipinski definition) is 2. The van der Waals surface area contributed by atoms with Crippen LogP contribution in [0.1, 0.15) is 55.5 Å². The van der Waals surface area contributed by atoms with Gasteiger partial charge in [-0.15, -0.1) is 0 Å². The number of nitrogens with zero attached hydrogens (tertiary/aromatic N) is 1. The van der Waals surface area contributed by atoms with Gasteiger partial charge < -0.3 is 20.0 Å². The molecule has 3 aromatic rings. The summed E-state index contributed by atoms with van der Waals surface area (Å²) in [4.78, 5) is 12.7. The number of nitrogens with two attached hydrogens (primary N) is 1. The molecule has 2 heterocycles. The second kappa shape index (κ2) is 9.28. The molecule has 0 spiro atoms. The zero-order chi connectivity index (χ0) is 22.6. The molecule has 0 aliphatic rings. The largest absolute Gasteiger partial charge is 0.454 e. The summed E-state index contributed by atoms with van der Waals surface area (Å²) in [5.74, 6) is -0.251.